The standard InChI is InChI=1S/C15H24N2O2/c1-3-10-19-14-11-12(4-5-13(14)16)17-8-6-15(2,18)7-9-17/h4-5,11,18H,3,6-10,16H2,1-2H3. The molecule has 0 unspecified atom stereocenters. The lowest BCUT2D eigenvalue weighted by Crippen LogP contribution is -2.42. The molecule has 0 atom stereocenters. The van der Waals surface area contributed by atoms with Gasteiger partial charge in [0.25, 0.3) is 0 Å². The molecule has 2 rings (SSSR count). The van der Waals surface area contributed by atoms with Gasteiger partial charge in [-0.2, -0.15) is 0 Å². The molecule has 1 heterocycles. The highest BCUT2D eigenvalue weighted by Crippen LogP contribution is 2.31. The maximum atomic E-state index is 9.98. The van der Waals surface area contributed by atoms with E-state index in [-0.39, 0.29) is 0 Å². The summed E-state index contributed by atoms with van der Waals surface area (Å²) in [4.78, 5) is 2.27. The number of nitrogens with two attached hydrogens (primary N) is 1. The molecule has 0 amide bonds. The molecule has 1 fully saturated rings. The molecule has 0 saturated carbocycles. The zero-order valence-corrected chi connectivity index (χ0v) is 11.9. The van der Waals surface area contributed by atoms with E-state index < -0.39 is 5.60 Å². The summed E-state index contributed by atoms with van der Waals surface area (Å²) in [7, 11) is 0. The van der Waals surface area contributed by atoms with Gasteiger partial charge in [-0.3, -0.25) is 0 Å². The summed E-state index contributed by atoms with van der Waals surface area (Å²) in [5, 5.41) is 9.98. The van der Waals surface area contributed by atoms with Crippen LogP contribution in [-0.4, -0.2) is 30.4 Å². The number of hydrogen-bond donors (Lipinski definition) is 2. The minimum Gasteiger partial charge on any atom is -0.491 e. The summed E-state index contributed by atoms with van der Waals surface area (Å²) in [6, 6.07) is 5.92. The van der Waals surface area contributed by atoms with Crippen LogP contribution < -0.4 is 15.4 Å². The molecule has 1 aromatic rings. The van der Waals surface area contributed by atoms with Crippen LogP contribution in [0.4, 0.5) is 11.4 Å². The highest BCUT2D eigenvalue weighted by atomic mass is 16.5. The van der Waals surface area contributed by atoms with Crippen molar-refractivity contribution in [3.8, 4) is 5.75 Å². The summed E-state index contributed by atoms with van der Waals surface area (Å²) < 4.78 is 5.66. The highest BCUT2D eigenvalue weighted by molar-refractivity contribution is 5.62. The molecule has 4 nitrogen and oxygen atoms in total. The van der Waals surface area contributed by atoms with Crippen molar-refractivity contribution < 1.29 is 9.84 Å². The minimum atomic E-state index is -0.522. The van der Waals surface area contributed by atoms with Crippen molar-refractivity contribution in [2.24, 2.45) is 0 Å². The number of hydrogen-bond acceptors (Lipinski definition) is 4. The van der Waals surface area contributed by atoms with Crippen LogP contribution in [-0.2, 0) is 0 Å². The first kappa shape index (κ1) is 14.0. The fraction of sp³-hybridized carbons (Fsp3) is 0.600. The van der Waals surface area contributed by atoms with E-state index in [0.29, 0.717) is 12.3 Å². The molecule has 0 radical (unpaired) electrons. The Morgan fingerprint density at radius 2 is 2.05 bits per heavy atom. The van der Waals surface area contributed by atoms with E-state index in [9.17, 15) is 5.11 Å². The molecule has 1 aliphatic heterocycles. The van der Waals surface area contributed by atoms with Gasteiger partial charge < -0.3 is 20.5 Å². The lowest BCUT2D eigenvalue weighted by Gasteiger charge is -2.37. The topological polar surface area (TPSA) is 58.7 Å². The zero-order chi connectivity index (χ0) is 13.9. The predicted octanol–water partition coefficient (Wildman–Crippen LogP) is 2.41. The second kappa shape index (κ2) is 5.70. The van der Waals surface area contributed by atoms with E-state index in [1.54, 1.807) is 0 Å². The van der Waals surface area contributed by atoms with Gasteiger partial charge in [-0.05, 0) is 38.3 Å². The summed E-state index contributed by atoms with van der Waals surface area (Å²) in [5.41, 5.74) is 7.20. The number of nitrogen functional groups attached to an aromatic ring is 1. The second-order valence-corrected chi connectivity index (χ2v) is 5.55. The number of nitrogens with zero attached hydrogens (tertiary/aromatic N) is 1. The molecule has 0 aliphatic carbocycles. The molecule has 0 bridgehead atoms. The van der Waals surface area contributed by atoms with Crippen LogP contribution in [0.1, 0.15) is 33.1 Å². The Bertz CT molecular complexity index is 422. The summed E-state index contributed by atoms with van der Waals surface area (Å²) in [5.74, 6) is 0.761. The highest BCUT2D eigenvalue weighted by Gasteiger charge is 2.27. The third-order valence-electron chi connectivity index (χ3n) is 3.66. The van der Waals surface area contributed by atoms with Crippen LogP contribution in [0.2, 0.25) is 0 Å². The summed E-state index contributed by atoms with van der Waals surface area (Å²) >= 11 is 0. The average Bonchev–Trinajstić information content (AvgIpc) is 2.38. The van der Waals surface area contributed by atoms with Crippen molar-refractivity contribution in [2.75, 3.05) is 30.3 Å². The fourth-order valence-electron chi connectivity index (χ4n) is 2.30. The Morgan fingerprint density at radius 1 is 1.37 bits per heavy atom. The van der Waals surface area contributed by atoms with Crippen molar-refractivity contribution >= 4 is 11.4 Å². The largest absolute Gasteiger partial charge is 0.491 e. The van der Waals surface area contributed by atoms with Gasteiger partial charge in [-0.25, -0.2) is 0 Å². The summed E-state index contributed by atoms with van der Waals surface area (Å²) in [6.07, 6.45) is 2.56. The van der Waals surface area contributed by atoms with Crippen LogP contribution in [0.25, 0.3) is 0 Å². The molecule has 4 heteroatoms. The maximum Gasteiger partial charge on any atom is 0.144 e. The predicted molar refractivity (Wildman–Crippen MR) is 78.7 cm³/mol. The van der Waals surface area contributed by atoms with Crippen LogP contribution in [0, 0.1) is 0 Å². The van der Waals surface area contributed by atoms with Gasteiger partial charge >= 0.3 is 0 Å². The van der Waals surface area contributed by atoms with E-state index in [4.69, 9.17) is 10.5 Å². The number of piperidine rings is 1. The normalized spacial score (nSPS) is 18.4. The van der Waals surface area contributed by atoms with Crippen molar-refractivity contribution in [1.29, 1.82) is 0 Å². The van der Waals surface area contributed by atoms with Crippen molar-refractivity contribution in [3.63, 3.8) is 0 Å². The fourth-order valence-corrected chi connectivity index (χ4v) is 2.30. The van der Waals surface area contributed by atoms with Gasteiger partial charge in [0.1, 0.15) is 5.75 Å². The van der Waals surface area contributed by atoms with E-state index in [2.05, 4.69) is 11.8 Å². The molecule has 1 aliphatic rings. The Labute approximate surface area is 115 Å². The maximum absolute atomic E-state index is 9.98. The molecule has 19 heavy (non-hydrogen) atoms. The van der Waals surface area contributed by atoms with Crippen molar-refractivity contribution in [1.82, 2.24) is 0 Å². The molecule has 1 aromatic carbocycles. The first-order valence-electron chi connectivity index (χ1n) is 7.01. The molecular weight excluding hydrogens is 240 g/mol. The Kier molecular flexibility index (Phi) is 4.20. The first-order valence-corrected chi connectivity index (χ1v) is 7.01. The smallest absolute Gasteiger partial charge is 0.144 e. The van der Waals surface area contributed by atoms with Crippen molar-refractivity contribution in [2.45, 2.75) is 38.7 Å². The third-order valence-corrected chi connectivity index (χ3v) is 3.66. The number of rotatable bonds is 4. The Hall–Kier alpha value is -1.42. The number of aliphatic hydroxyl groups is 1. The third kappa shape index (κ3) is 3.53. The Balaban J connectivity index is 2.08. The second-order valence-electron chi connectivity index (χ2n) is 5.55. The number of ether oxygens (including phenoxy) is 1. The average molecular weight is 264 g/mol. The zero-order valence-electron chi connectivity index (χ0n) is 11.9. The SMILES string of the molecule is CCCOc1cc(N2CCC(C)(O)CC2)ccc1N. The number of anilines is 2. The molecule has 0 aromatic heterocycles. The monoisotopic (exact) mass is 264 g/mol. The minimum absolute atomic E-state index is 0.522. The van der Waals surface area contributed by atoms with E-state index >= 15 is 0 Å². The molecule has 0 spiro atoms. The van der Waals surface area contributed by atoms with Gasteiger partial charge in [0.05, 0.1) is 17.9 Å². The van der Waals surface area contributed by atoms with Crippen LogP contribution >= 0.6 is 0 Å². The quantitative estimate of drug-likeness (QED) is 0.820. The molecule has 3 N–H and O–H groups in total. The number of benzene rings is 1. The van der Waals surface area contributed by atoms with Gasteiger partial charge in [-0.15, -0.1) is 0 Å². The van der Waals surface area contributed by atoms with E-state index in [0.717, 1.165) is 43.8 Å². The van der Waals surface area contributed by atoms with E-state index in [1.165, 1.54) is 0 Å². The van der Waals surface area contributed by atoms with Crippen LogP contribution in [0.15, 0.2) is 18.2 Å². The summed E-state index contributed by atoms with van der Waals surface area (Å²) in [6.45, 7) is 6.40. The van der Waals surface area contributed by atoms with Gasteiger partial charge in [-0.1, -0.05) is 6.92 Å². The van der Waals surface area contributed by atoms with E-state index in [1.807, 2.05) is 25.1 Å². The molecule has 1 saturated heterocycles. The Morgan fingerprint density at radius 3 is 2.68 bits per heavy atom. The molecule has 106 valence electrons. The van der Waals surface area contributed by atoms with Gasteiger partial charge in [0.15, 0.2) is 0 Å². The van der Waals surface area contributed by atoms with Crippen LogP contribution in [0.5, 0.6) is 5.75 Å². The lowest BCUT2D eigenvalue weighted by atomic mass is 9.93. The van der Waals surface area contributed by atoms with Crippen LogP contribution in [0.3, 0.4) is 0 Å². The van der Waals surface area contributed by atoms with Crippen molar-refractivity contribution in [3.05, 3.63) is 18.2 Å². The first-order chi connectivity index (χ1) is 9.02. The lowest BCUT2D eigenvalue weighted by molar-refractivity contribution is 0.0351. The van der Waals surface area contributed by atoms with Gasteiger partial charge in [0.2, 0.25) is 0 Å². The molecular formula is C15H24N2O2. The van der Waals surface area contributed by atoms with Gasteiger partial charge in [0, 0.05) is 24.8 Å².